The highest BCUT2D eigenvalue weighted by Gasteiger charge is 2.29. The number of carbonyl (C=O) groups is 2. The Morgan fingerprint density at radius 3 is 1.88 bits per heavy atom. The highest BCUT2D eigenvalue weighted by molar-refractivity contribution is 5.92. The van der Waals surface area contributed by atoms with E-state index in [9.17, 15) is 9.59 Å². The van der Waals surface area contributed by atoms with Crippen LogP contribution in [-0.2, 0) is 24.2 Å². The third kappa shape index (κ3) is 6.77. The number of ether oxygens (including phenoxy) is 1. The van der Waals surface area contributed by atoms with Gasteiger partial charge in [-0.15, -0.1) is 10.2 Å². The number of carbonyl (C=O) groups excluding carboxylic acids is 2. The highest BCUT2D eigenvalue weighted by Crippen LogP contribution is 2.29. The van der Waals surface area contributed by atoms with E-state index in [1.54, 1.807) is 31.5 Å². The van der Waals surface area contributed by atoms with E-state index in [0.717, 1.165) is 44.2 Å². The summed E-state index contributed by atoms with van der Waals surface area (Å²) in [5.41, 5.74) is 5.32. The van der Waals surface area contributed by atoms with E-state index in [-0.39, 0.29) is 11.8 Å². The Morgan fingerprint density at radius 1 is 0.755 bits per heavy atom. The summed E-state index contributed by atoms with van der Waals surface area (Å²) in [6, 6.07) is 28.0. The first kappa shape index (κ1) is 31.4. The third-order valence-electron chi connectivity index (χ3n) is 8.71. The van der Waals surface area contributed by atoms with Crippen molar-refractivity contribution in [3.63, 3.8) is 0 Å². The summed E-state index contributed by atoms with van der Waals surface area (Å²) in [7, 11) is 1.63. The second kappa shape index (κ2) is 13.9. The summed E-state index contributed by atoms with van der Waals surface area (Å²) in [4.78, 5) is 37.3. The molecule has 4 aromatic heterocycles. The van der Waals surface area contributed by atoms with E-state index in [1.165, 1.54) is 6.92 Å². The van der Waals surface area contributed by atoms with E-state index in [4.69, 9.17) is 14.9 Å². The predicted octanol–water partition coefficient (Wildman–Crippen LogP) is 5.83. The van der Waals surface area contributed by atoms with Crippen LogP contribution in [0.1, 0.15) is 57.8 Å². The minimum Gasteiger partial charge on any atom is -0.497 e. The molecule has 0 spiro atoms. The number of hydrogen-bond donors (Lipinski definition) is 4. The predicted molar refractivity (Wildman–Crippen MR) is 187 cm³/mol. The normalized spacial score (nSPS) is 12.5. The van der Waals surface area contributed by atoms with Crippen LogP contribution in [0.15, 0.2) is 110 Å². The summed E-state index contributed by atoms with van der Waals surface area (Å²) < 4.78 is 7.42. The lowest BCUT2D eigenvalue weighted by atomic mass is 10.0. The van der Waals surface area contributed by atoms with Gasteiger partial charge in [0.1, 0.15) is 11.4 Å². The van der Waals surface area contributed by atoms with Gasteiger partial charge in [0.15, 0.2) is 11.6 Å². The molecule has 246 valence electrons. The molecule has 0 fully saturated rings. The van der Waals surface area contributed by atoms with E-state index in [2.05, 4.69) is 37.7 Å². The van der Waals surface area contributed by atoms with Gasteiger partial charge in [0.05, 0.1) is 25.7 Å². The van der Waals surface area contributed by atoms with Gasteiger partial charge < -0.3 is 29.9 Å². The van der Waals surface area contributed by atoms with Gasteiger partial charge in [0.2, 0.25) is 5.91 Å². The molecule has 2 atom stereocenters. The molecule has 11 nitrogen and oxygen atoms in total. The zero-order chi connectivity index (χ0) is 33.7. The van der Waals surface area contributed by atoms with Crippen molar-refractivity contribution < 1.29 is 14.3 Å². The molecule has 4 N–H and O–H groups in total. The van der Waals surface area contributed by atoms with Gasteiger partial charge in [-0.2, -0.15) is 0 Å². The lowest BCUT2D eigenvalue weighted by molar-refractivity contribution is -0.119. The van der Waals surface area contributed by atoms with Crippen molar-refractivity contribution in [2.24, 2.45) is 0 Å². The van der Waals surface area contributed by atoms with Crippen LogP contribution in [0.4, 0.5) is 0 Å². The third-order valence-corrected chi connectivity index (χ3v) is 8.71. The van der Waals surface area contributed by atoms with Gasteiger partial charge in [-0.05, 0) is 53.1 Å². The van der Waals surface area contributed by atoms with E-state index in [0.29, 0.717) is 36.7 Å². The number of amides is 2. The number of aromatic amines is 2. The van der Waals surface area contributed by atoms with Crippen molar-refractivity contribution in [2.75, 3.05) is 7.11 Å². The second-order valence-electron chi connectivity index (χ2n) is 12.0. The Labute approximate surface area is 282 Å². The highest BCUT2D eigenvalue weighted by atomic mass is 16.5. The molecule has 2 amide bonds. The number of rotatable bonds is 12. The molecule has 4 heterocycles. The Kier molecular flexibility index (Phi) is 8.88. The van der Waals surface area contributed by atoms with Crippen molar-refractivity contribution in [1.29, 1.82) is 0 Å². The molecule has 0 radical (unpaired) electrons. The number of aromatic nitrogens is 6. The van der Waals surface area contributed by atoms with Gasteiger partial charge in [-0.3, -0.25) is 14.6 Å². The molecule has 3 aromatic carbocycles. The number of nitrogens with one attached hydrogen (secondary N) is 4. The Morgan fingerprint density at radius 2 is 1.33 bits per heavy atom. The van der Waals surface area contributed by atoms with Crippen molar-refractivity contribution in [3.8, 4) is 5.75 Å². The summed E-state index contributed by atoms with van der Waals surface area (Å²) in [6.07, 6.45) is 6.43. The molecule has 2 unspecified atom stereocenters. The zero-order valence-electron chi connectivity index (χ0n) is 27.2. The number of benzene rings is 3. The van der Waals surface area contributed by atoms with Crippen molar-refractivity contribution in [1.82, 2.24) is 40.3 Å². The molecule has 0 saturated carbocycles. The van der Waals surface area contributed by atoms with Crippen LogP contribution >= 0.6 is 0 Å². The molecule has 7 aromatic rings. The fraction of sp³-hybridized carbons (Fsp3) is 0.184. The SMILES string of the molecule is COc1ccc(Cn2c(C(Cc3c[nH]c4ccccc34)NC(C)=O)nnc2C(Cc2c[nH]c3ccccc23)NC(=O)c2ccccn2)cc1. The smallest absolute Gasteiger partial charge is 0.270 e. The Bertz CT molecular complexity index is 2220. The maximum atomic E-state index is 13.7. The molecule has 7 rings (SSSR count). The number of fused-ring (bicyclic) bond motifs is 2. The zero-order valence-corrected chi connectivity index (χ0v) is 27.2. The molecule has 0 aliphatic heterocycles. The number of H-pyrrole nitrogens is 2. The molecular formula is C38H36N8O3. The monoisotopic (exact) mass is 652 g/mol. The van der Waals surface area contributed by atoms with Gasteiger partial charge >= 0.3 is 0 Å². The number of para-hydroxylation sites is 2. The first-order chi connectivity index (χ1) is 24.0. The van der Waals surface area contributed by atoms with Crippen LogP contribution in [0.2, 0.25) is 0 Å². The van der Waals surface area contributed by atoms with E-state index in [1.807, 2.05) is 77.6 Å². The number of pyridine rings is 1. The van der Waals surface area contributed by atoms with Gasteiger partial charge in [0, 0.05) is 60.2 Å². The van der Waals surface area contributed by atoms with Crippen LogP contribution in [0.5, 0.6) is 5.75 Å². The summed E-state index contributed by atoms with van der Waals surface area (Å²) in [6.45, 7) is 1.88. The quantitative estimate of drug-likeness (QED) is 0.131. The van der Waals surface area contributed by atoms with E-state index < -0.39 is 12.1 Å². The van der Waals surface area contributed by atoms with Crippen LogP contribution in [-0.4, -0.2) is 48.6 Å². The standard InChI is InChI=1S/C38H36N8O3/c1-24(47)42-34(19-26-21-40-31-11-5-3-9-29(26)31)36-44-45-37(46(36)23-25-14-16-28(49-2)17-15-25)35(43-38(48)33-13-7-8-18-39-33)20-27-22-41-32-12-6-4-10-30(27)32/h3-18,21-22,34-35,40-41H,19-20,23H2,1-2H3,(H,42,47)(H,43,48). The molecule has 0 saturated heterocycles. The fourth-order valence-corrected chi connectivity index (χ4v) is 6.35. The minimum atomic E-state index is -0.598. The summed E-state index contributed by atoms with van der Waals surface area (Å²) in [5.74, 6) is 1.34. The van der Waals surface area contributed by atoms with Crippen molar-refractivity contribution in [3.05, 3.63) is 144 Å². The molecule has 0 aliphatic rings. The lowest BCUT2D eigenvalue weighted by Gasteiger charge is -2.23. The molecule has 0 aliphatic carbocycles. The first-order valence-electron chi connectivity index (χ1n) is 16.1. The van der Waals surface area contributed by atoms with Crippen LogP contribution < -0.4 is 15.4 Å². The number of methoxy groups -OCH3 is 1. The number of nitrogens with zero attached hydrogens (tertiary/aromatic N) is 4. The maximum absolute atomic E-state index is 13.7. The summed E-state index contributed by atoms with van der Waals surface area (Å²) in [5, 5.41) is 18.0. The average molecular weight is 653 g/mol. The van der Waals surface area contributed by atoms with Crippen LogP contribution in [0.3, 0.4) is 0 Å². The average Bonchev–Trinajstić information content (AvgIpc) is 3.85. The Balaban J connectivity index is 1.34. The molecule has 49 heavy (non-hydrogen) atoms. The first-order valence-corrected chi connectivity index (χ1v) is 16.1. The van der Waals surface area contributed by atoms with E-state index >= 15 is 0 Å². The van der Waals surface area contributed by atoms with Crippen molar-refractivity contribution >= 4 is 33.6 Å². The fourth-order valence-electron chi connectivity index (χ4n) is 6.35. The second-order valence-corrected chi connectivity index (χ2v) is 12.0. The number of hydrogen-bond acceptors (Lipinski definition) is 6. The maximum Gasteiger partial charge on any atom is 0.270 e. The van der Waals surface area contributed by atoms with Crippen molar-refractivity contribution in [2.45, 2.75) is 38.4 Å². The molecular weight excluding hydrogens is 616 g/mol. The molecule has 0 bridgehead atoms. The van der Waals surface area contributed by atoms with Gasteiger partial charge in [0.25, 0.3) is 5.91 Å². The van der Waals surface area contributed by atoms with Crippen LogP contribution in [0, 0.1) is 0 Å². The largest absolute Gasteiger partial charge is 0.497 e. The molecule has 11 heteroatoms. The lowest BCUT2D eigenvalue weighted by Crippen LogP contribution is -2.34. The van der Waals surface area contributed by atoms with Gasteiger partial charge in [-0.1, -0.05) is 54.6 Å². The van der Waals surface area contributed by atoms with Crippen LogP contribution in [0.25, 0.3) is 21.8 Å². The van der Waals surface area contributed by atoms with Gasteiger partial charge in [-0.25, -0.2) is 0 Å². The summed E-state index contributed by atoms with van der Waals surface area (Å²) >= 11 is 0. The Hall–Kier alpha value is -6.23. The topological polar surface area (TPSA) is 143 Å². The minimum absolute atomic E-state index is 0.191.